The first kappa shape index (κ1) is 19.9. The standard InChI is InChI=1S/C24H25N3O3/c1-26(2)13-8-14-27-21(18-15-25-19-12-7-6-11-17(18)19)20(23(29)24(27)30)22(28)16-9-4-3-5-10-16/h3-7,9-12,15,21,25,28H,8,13-14H2,1-2H3/b22-20+. The number of aliphatic hydroxyl groups is 1. The van der Waals surface area contributed by atoms with E-state index in [-0.39, 0.29) is 11.3 Å². The van der Waals surface area contributed by atoms with Crippen molar-refractivity contribution in [2.75, 3.05) is 27.2 Å². The van der Waals surface area contributed by atoms with Crippen molar-refractivity contribution < 1.29 is 14.7 Å². The minimum Gasteiger partial charge on any atom is -0.507 e. The van der Waals surface area contributed by atoms with E-state index >= 15 is 0 Å². The van der Waals surface area contributed by atoms with E-state index in [2.05, 4.69) is 4.98 Å². The molecule has 1 atom stereocenters. The maximum absolute atomic E-state index is 13.0. The van der Waals surface area contributed by atoms with E-state index in [1.165, 1.54) is 0 Å². The number of nitrogens with one attached hydrogen (secondary N) is 1. The molecule has 3 aromatic rings. The summed E-state index contributed by atoms with van der Waals surface area (Å²) in [6.07, 6.45) is 2.56. The topological polar surface area (TPSA) is 76.6 Å². The van der Waals surface area contributed by atoms with Crippen molar-refractivity contribution >= 4 is 28.4 Å². The van der Waals surface area contributed by atoms with Gasteiger partial charge in [-0.15, -0.1) is 0 Å². The SMILES string of the molecule is CN(C)CCCN1C(=O)C(=O)/C(=C(/O)c2ccccc2)C1c1c[nH]c2ccccc12. The highest BCUT2D eigenvalue weighted by atomic mass is 16.3. The lowest BCUT2D eigenvalue weighted by Crippen LogP contribution is -2.32. The molecule has 6 nitrogen and oxygen atoms in total. The number of benzene rings is 2. The number of H-pyrrole nitrogens is 1. The number of rotatable bonds is 6. The maximum atomic E-state index is 13.0. The van der Waals surface area contributed by atoms with Crippen LogP contribution in [-0.2, 0) is 9.59 Å². The van der Waals surface area contributed by atoms with Crippen LogP contribution < -0.4 is 0 Å². The third kappa shape index (κ3) is 3.50. The first-order valence-electron chi connectivity index (χ1n) is 10.0. The Morgan fingerprint density at radius 3 is 2.50 bits per heavy atom. The summed E-state index contributed by atoms with van der Waals surface area (Å²) in [5.74, 6) is -1.35. The zero-order chi connectivity index (χ0) is 21.3. The summed E-state index contributed by atoms with van der Waals surface area (Å²) in [4.78, 5) is 32.9. The van der Waals surface area contributed by atoms with Gasteiger partial charge in [0.1, 0.15) is 5.76 Å². The highest BCUT2D eigenvalue weighted by Gasteiger charge is 2.46. The fraction of sp³-hybridized carbons (Fsp3) is 0.250. The molecule has 2 aromatic carbocycles. The molecule has 6 heteroatoms. The average molecular weight is 403 g/mol. The second-order valence-electron chi connectivity index (χ2n) is 7.80. The van der Waals surface area contributed by atoms with E-state index in [4.69, 9.17) is 0 Å². The van der Waals surface area contributed by atoms with Crippen molar-refractivity contribution in [3.8, 4) is 0 Å². The zero-order valence-electron chi connectivity index (χ0n) is 17.1. The van der Waals surface area contributed by atoms with Crippen LogP contribution in [0.2, 0.25) is 0 Å². The minimum atomic E-state index is -0.642. The van der Waals surface area contributed by atoms with Crippen molar-refractivity contribution in [1.82, 2.24) is 14.8 Å². The predicted octanol–water partition coefficient (Wildman–Crippen LogP) is 3.54. The summed E-state index contributed by atoms with van der Waals surface area (Å²) in [6.45, 7) is 1.22. The predicted molar refractivity (Wildman–Crippen MR) is 117 cm³/mol. The summed E-state index contributed by atoms with van der Waals surface area (Å²) < 4.78 is 0. The molecule has 0 radical (unpaired) electrons. The lowest BCUT2D eigenvalue weighted by molar-refractivity contribution is -0.139. The lowest BCUT2D eigenvalue weighted by Gasteiger charge is -2.25. The van der Waals surface area contributed by atoms with Gasteiger partial charge in [-0.3, -0.25) is 9.59 Å². The van der Waals surface area contributed by atoms with Crippen molar-refractivity contribution in [3.63, 3.8) is 0 Å². The molecule has 1 aromatic heterocycles. The number of aromatic nitrogens is 1. The fourth-order valence-corrected chi connectivity index (χ4v) is 4.06. The van der Waals surface area contributed by atoms with Gasteiger partial charge in [0.25, 0.3) is 11.7 Å². The van der Waals surface area contributed by atoms with Gasteiger partial charge in [0, 0.05) is 34.8 Å². The van der Waals surface area contributed by atoms with E-state index in [1.54, 1.807) is 29.2 Å². The summed E-state index contributed by atoms with van der Waals surface area (Å²) in [6, 6.07) is 16.0. The Balaban J connectivity index is 1.85. The summed E-state index contributed by atoms with van der Waals surface area (Å²) in [5, 5.41) is 12.0. The number of carbonyl (C=O) groups excluding carboxylic acids is 2. The Morgan fingerprint density at radius 2 is 1.77 bits per heavy atom. The third-order valence-corrected chi connectivity index (χ3v) is 5.51. The highest BCUT2D eigenvalue weighted by molar-refractivity contribution is 6.46. The molecule has 1 aliphatic heterocycles. The molecule has 0 saturated carbocycles. The van der Waals surface area contributed by atoms with Gasteiger partial charge in [-0.2, -0.15) is 0 Å². The number of carbonyl (C=O) groups is 2. The molecule has 30 heavy (non-hydrogen) atoms. The first-order chi connectivity index (χ1) is 14.5. The monoisotopic (exact) mass is 403 g/mol. The molecule has 0 bridgehead atoms. The number of hydrogen-bond acceptors (Lipinski definition) is 4. The summed E-state index contributed by atoms with van der Waals surface area (Å²) >= 11 is 0. The molecule has 0 spiro atoms. The van der Waals surface area contributed by atoms with E-state index in [0.29, 0.717) is 12.1 Å². The third-order valence-electron chi connectivity index (χ3n) is 5.51. The van der Waals surface area contributed by atoms with Crippen LogP contribution in [0.25, 0.3) is 16.7 Å². The van der Waals surface area contributed by atoms with Gasteiger partial charge in [0.05, 0.1) is 11.6 Å². The number of amides is 1. The number of nitrogens with zero attached hydrogens (tertiary/aromatic N) is 2. The van der Waals surface area contributed by atoms with Gasteiger partial charge in [0.15, 0.2) is 0 Å². The van der Waals surface area contributed by atoms with Gasteiger partial charge in [-0.05, 0) is 33.1 Å². The van der Waals surface area contributed by atoms with E-state index < -0.39 is 17.7 Å². The van der Waals surface area contributed by atoms with Crippen molar-refractivity contribution in [1.29, 1.82) is 0 Å². The van der Waals surface area contributed by atoms with Crippen LogP contribution >= 0.6 is 0 Å². The number of fused-ring (bicyclic) bond motifs is 1. The second kappa shape index (κ2) is 8.16. The Hall–Kier alpha value is -3.38. The molecular weight excluding hydrogens is 378 g/mol. The number of ketones is 1. The first-order valence-corrected chi connectivity index (χ1v) is 10.0. The highest BCUT2D eigenvalue weighted by Crippen LogP contribution is 2.41. The molecule has 1 fully saturated rings. The van der Waals surface area contributed by atoms with E-state index in [0.717, 1.165) is 29.4 Å². The Kier molecular flexibility index (Phi) is 5.42. The lowest BCUT2D eigenvalue weighted by atomic mass is 9.95. The molecule has 0 aliphatic carbocycles. The molecule has 1 amide bonds. The van der Waals surface area contributed by atoms with Gasteiger partial charge >= 0.3 is 0 Å². The van der Waals surface area contributed by atoms with Crippen LogP contribution in [0.4, 0.5) is 0 Å². The molecule has 2 heterocycles. The largest absolute Gasteiger partial charge is 0.507 e. The van der Waals surface area contributed by atoms with Gasteiger partial charge < -0.3 is 19.9 Å². The normalized spacial score (nSPS) is 18.6. The number of aliphatic hydroxyl groups excluding tert-OH is 1. The number of aromatic amines is 1. The average Bonchev–Trinajstić information content (AvgIpc) is 3.28. The van der Waals surface area contributed by atoms with Crippen molar-refractivity contribution in [2.24, 2.45) is 0 Å². The van der Waals surface area contributed by atoms with Crippen LogP contribution in [0.15, 0.2) is 66.4 Å². The molecular formula is C24H25N3O3. The molecule has 1 saturated heterocycles. The van der Waals surface area contributed by atoms with Crippen LogP contribution in [0, 0.1) is 0 Å². The van der Waals surface area contributed by atoms with E-state index in [1.807, 2.05) is 55.5 Å². The van der Waals surface area contributed by atoms with Gasteiger partial charge in [-0.25, -0.2) is 0 Å². The van der Waals surface area contributed by atoms with Crippen molar-refractivity contribution in [3.05, 3.63) is 77.5 Å². The zero-order valence-corrected chi connectivity index (χ0v) is 17.1. The molecule has 4 rings (SSSR count). The maximum Gasteiger partial charge on any atom is 0.295 e. The van der Waals surface area contributed by atoms with Crippen molar-refractivity contribution in [2.45, 2.75) is 12.5 Å². The molecule has 154 valence electrons. The van der Waals surface area contributed by atoms with Crippen LogP contribution in [0.5, 0.6) is 0 Å². The second-order valence-corrected chi connectivity index (χ2v) is 7.80. The van der Waals surface area contributed by atoms with Gasteiger partial charge in [0.2, 0.25) is 0 Å². The molecule has 2 N–H and O–H groups in total. The van der Waals surface area contributed by atoms with Crippen LogP contribution in [-0.4, -0.2) is 58.8 Å². The number of hydrogen-bond donors (Lipinski definition) is 2. The van der Waals surface area contributed by atoms with Gasteiger partial charge in [-0.1, -0.05) is 48.5 Å². The molecule has 1 unspecified atom stereocenters. The Bertz CT molecular complexity index is 1110. The number of Topliss-reactive ketones (excluding diaryl/α,β-unsaturated/α-hetero) is 1. The smallest absolute Gasteiger partial charge is 0.295 e. The Morgan fingerprint density at radius 1 is 1.07 bits per heavy atom. The quantitative estimate of drug-likeness (QED) is 0.375. The van der Waals surface area contributed by atoms with Crippen LogP contribution in [0.3, 0.4) is 0 Å². The minimum absolute atomic E-state index is 0.139. The molecule has 1 aliphatic rings. The summed E-state index contributed by atoms with van der Waals surface area (Å²) in [7, 11) is 3.95. The fourth-order valence-electron chi connectivity index (χ4n) is 4.06. The number of para-hydroxylation sites is 1. The summed E-state index contributed by atoms with van der Waals surface area (Å²) in [5.41, 5.74) is 2.40. The number of likely N-dealkylation sites (tertiary alicyclic amines) is 1. The van der Waals surface area contributed by atoms with Crippen LogP contribution in [0.1, 0.15) is 23.6 Å². The Labute approximate surface area is 175 Å². The van der Waals surface area contributed by atoms with E-state index in [9.17, 15) is 14.7 Å².